The second-order valence-electron chi connectivity index (χ2n) is 7.42. The van der Waals surface area contributed by atoms with E-state index < -0.39 is 5.97 Å². The third kappa shape index (κ3) is 5.02. The summed E-state index contributed by atoms with van der Waals surface area (Å²) in [7, 11) is 0. The molecule has 7 heteroatoms. The number of aromatic nitrogens is 1. The summed E-state index contributed by atoms with van der Waals surface area (Å²) >= 11 is 1.15. The molecule has 30 heavy (non-hydrogen) atoms. The predicted octanol–water partition coefficient (Wildman–Crippen LogP) is 4.22. The van der Waals surface area contributed by atoms with E-state index in [4.69, 9.17) is 9.15 Å². The second kappa shape index (κ2) is 9.34. The Balaban J connectivity index is 1.22. The Hall–Kier alpha value is -2.80. The average molecular weight is 425 g/mol. The topological polar surface area (TPSA) is 81.4 Å². The van der Waals surface area contributed by atoms with Crippen molar-refractivity contribution in [3.8, 4) is 0 Å². The number of nitrogens with zero attached hydrogens (tertiary/aromatic N) is 1. The van der Waals surface area contributed by atoms with Gasteiger partial charge in [0, 0.05) is 0 Å². The molecule has 1 unspecified atom stereocenters. The molecule has 2 aromatic carbocycles. The van der Waals surface area contributed by atoms with Crippen molar-refractivity contribution in [3.05, 3.63) is 59.2 Å². The van der Waals surface area contributed by atoms with Crippen molar-refractivity contribution in [1.82, 2.24) is 10.3 Å². The van der Waals surface area contributed by atoms with Gasteiger partial charge in [-0.15, -0.1) is 0 Å². The number of carbonyl (C=O) groups is 2. The van der Waals surface area contributed by atoms with Gasteiger partial charge in [-0.05, 0) is 61.4 Å². The van der Waals surface area contributed by atoms with E-state index in [2.05, 4.69) is 28.5 Å². The van der Waals surface area contributed by atoms with E-state index in [1.54, 1.807) is 0 Å². The van der Waals surface area contributed by atoms with Gasteiger partial charge in [0.2, 0.25) is 0 Å². The lowest BCUT2D eigenvalue weighted by molar-refractivity contribution is -0.146. The quantitative estimate of drug-likeness (QED) is 0.452. The van der Waals surface area contributed by atoms with Crippen LogP contribution in [-0.2, 0) is 27.2 Å². The van der Waals surface area contributed by atoms with Gasteiger partial charge in [-0.3, -0.25) is 9.59 Å². The standard InChI is InChI=1S/C23H24N2O4S/c1-15(17-11-10-16-6-2-3-7-18(16)12-17)24-21(26)13-28-22(27)14-30-23-25-19-8-4-5-9-20(19)29-23/h4-5,8-12,15H,2-3,6-7,13-14H2,1H3,(H,24,26). The highest BCUT2D eigenvalue weighted by atomic mass is 32.2. The van der Waals surface area contributed by atoms with Gasteiger partial charge >= 0.3 is 5.97 Å². The maximum Gasteiger partial charge on any atom is 0.316 e. The zero-order chi connectivity index (χ0) is 20.9. The van der Waals surface area contributed by atoms with Gasteiger partial charge in [-0.25, -0.2) is 4.98 Å². The Labute approximate surface area is 179 Å². The van der Waals surface area contributed by atoms with Gasteiger partial charge < -0.3 is 14.5 Å². The molecule has 1 aliphatic rings. The number of carbonyl (C=O) groups excluding carboxylic acids is 2. The normalized spacial score (nSPS) is 14.2. The van der Waals surface area contributed by atoms with Crippen molar-refractivity contribution in [2.24, 2.45) is 0 Å². The molecule has 156 valence electrons. The van der Waals surface area contributed by atoms with Crippen LogP contribution in [0.1, 0.15) is 42.5 Å². The summed E-state index contributed by atoms with van der Waals surface area (Å²) in [5.74, 6) is -0.778. The first-order valence-electron chi connectivity index (χ1n) is 10.1. The summed E-state index contributed by atoms with van der Waals surface area (Å²) in [6.45, 7) is 1.63. The molecule has 3 aromatic rings. The fourth-order valence-corrected chi connectivity index (χ4v) is 4.25. The zero-order valence-electron chi connectivity index (χ0n) is 16.8. The van der Waals surface area contributed by atoms with Gasteiger partial charge in [0.15, 0.2) is 12.2 Å². The molecular formula is C23H24N2O4S. The summed E-state index contributed by atoms with van der Waals surface area (Å²) in [4.78, 5) is 28.4. The molecule has 0 bridgehead atoms. The van der Waals surface area contributed by atoms with E-state index >= 15 is 0 Å². The fourth-order valence-electron chi connectivity index (χ4n) is 3.61. The molecular weight excluding hydrogens is 400 g/mol. The van der Waals surface area contributed by atoms with Crippen LogP contribution < -0.4 is 5.32 Å². The molecule has 0 radical (unpaired) electrons. The smallest absolute Gasteiger partial charge is 0.316 e. The van der Waals surface area contributed by atoms with Crippen LogP contribution in [-0.4, -0.2) is 29.2 Å². The number of thioether (sulfide) groups is 1. The molecule has 1 N–H and O–H groups in total. The predicted molar refractivity (Wildman–Crippen MR) is 115 cm³/mol. The van der Waals surface area contributed by atoms with Crippen molar-refractivity contribution in [2.45, 2.75) is 43.9 Å². The number of para-hydroxylation sites is 2. The molecule has 0 saturated carbocycles. The first-order chi connectivity index (χ1) is 14.6. The lowest BCUT2D eigenvalue weighted by Crippen LogP contribution is -2.31. The fraction of sp³-hybridized carbons (Fsp3) is 0.348. The van der Waals surface area contributed by atoms with E-state index in [1.807, 2.05) is 31.2 Å². The number of benzene rings is 2. The number of aryl methyl sites for hydroxylation is 2. The minimum atomic E-state index is -0.487. The van der Waals surface area contributed by atoms with Crippen LogP contribution in [0, 0.1) is 0 Å². The molecule has 1 atom stereocenters. The summed E-state index contributed by atoms with van der Waals surface area (Å²) in [5, 5.41) is 3.30. The minimum Gasteiger partial charge on any atom is -0.455 e. The maximum atomic E-state index is 12.2. The number of oxazole rings is 1. The average Bonchev–Trinajstić information content (AvgIpc) is 3.19. The van der Waals surface area contributed by atoms with Gasteiger partial charge in [0.05, 0.1) is 6.04 Å². The number of nitrogens with one attached hydrogen (secondary N) is 1. The molecule has 1 heterocycles. The van der Waals surface area contributed by atoms with Crippen molar-refractivity contribution in [1.29, 1.82) is 0 Å². The summed E-state index contributed by atoms with van der Waals surface area (Å²) in [6.07, 6.45) is 4.69. The van der Waals surface area contributed by atoms with E-state index in [0.29, 0.717) is 10.8 Å². The van der Waals surface area contributed by atoms with E-state index in [0.717, 1.165) is 35.7 Å². The highest BCUT2D eigenvalue weighted by Crippen LogP contribution is 2.25. The Morgan fingerprint density at radius 3 is 2.80 bits per heavy atom. The summed E-state index contributed by atoms with van der Waals surface area (Å²) in [6, 6.07) is 13.7. The largest absolute Gasteiger partial charge is 0.455 e. The SMILES string of the molecule is CC(NC(=O)COC(=O)CSc1nc2ccccc2o1)c1ccc2c(c1)CCCC2. The van der Waals surface area contributed by atoms with Crippen molar-refractivity contribution >= 4 is 34.7 Å². The monoisotopic (exact) mass is 424 g/mol. The molecule has 6 nitrogen and oxygen atoms in total. The first kappa shape index (κ1) is 20.5. The van der Waals surface area contributed by atoms with Crippen LogP contribution in [0.15, 0.2) is 52.1 Å². The third-order valence-electron chi connectivity index (χ3n) is 5.20. The van der Waals surface area contributed by atoms with Crippen LogP contribution >= 0.6 is 11.8 Å². The number of fused-ring (bicyclic) bond motifs is 2. The molecule has 1 aliphatic carbocycles. The maximum absolute atomic E-state index is 12.2. The molecule has 0 aliphatic heterocycles. The molecule has 0 saturated heterocycles. The molecule has 4 rings (SSSR count). The zero-order valence-corrected chi connectivity index (χ0v) is 17.7. The van der Waals surface area contributed by atoms with Crippen LogP contribution in [0.25, 0.3) is 11.1 Å². The van der Waals surface area contributed by atoms with Gasteiger partial charge in [0.1, 0.15) is 11.3 Å². The van der Waals surface area contributed by atoms with E-state index in [9.17, 15) is 9.59 Å². The lowest BCUT2D eigenvalue weighted by atomic mass is 9.89. The number of amides is 1. The Bertz CT molecular complexity index is 1030. The van der Waals surface area contributed by atoms with Crippen molar-refractivity contribution < 1.29 is 18.7 Å². The summed E-state index contributed by atoms with van der Waals surface area (Å²) < 4.78 is 10.6. The van der Waals surface area contributed by atoms with Gasteiger partial charge in [0.25, 0.3) is 11.1 Å². The Morgan fingerprint density at radius 1 is 1.17 bits per heavy atom. The molecule has 0 spiro atoms. The number of hydrogen-bond donors (Lipinski definition) is 1. The van der Waals surface area contributed by atoms with Crippen LogP contribution in [0.2, 0.25) is 0 Å². The Kier molecular flexibility index (Phi) is 6.38. The molecule has 1 amide bonds. The van der Waals surface area contributed by atoms with Crippen LogP contribution in [0.3, 0.4) is 0 Å². The van der Waals surface area contributed by atoms with Crippen LogP contribution in [0.5, 0.6) is 0 Å². The third-order valence-corrected chi connectivity index (χ3v) is 6.00. The van der Waals surface area contributed by atoms with E-state index in [1.165, 1.54) is 24.0 Å². The summed E-state index contributed by atoms with van der Waals surface area (Å²) in [5.41, 5.74) is 5.27. The highest BCUT2D eigenvalue weighted by Gasteiger charge is 2.16. The van der Waals surface area contributed by atoms with Gasteiger partial charge in [-0.1, -0.05) is 42.1 Å². The second-order valence-corrected chi connectivity index (χ2v) is 8.35. The first-order valence-corrected chi connectivity index (χ1v) is 11.1. The number of rotatable bonds is 7. The molecule has 0 fully saturated rings. The number of hydrogen-bond acceptors (Lipinski definition) is 6. The Morgan fingerprint density at radius 2 is 1.97 bits per heavy atom. The van der Waals surface area contributed by atoms with Crippen LogP contribution in [0.4, 0.5) is 0 Å². The van der Waals surface area contributed by atoms with Crippen molar-refractivity contribution in [3.63, 3.8) is 0 Å². The van der Waals surface area contributed by atoms with Gasteiger partial charge in [-0.2, -0.15) is 0 Å². The van der Waals surface area contributed by atoms with Crippen molar-refractivity contribution in [2.75, 3.05) is 12.4 Å². The van der Waals surface area contributed by atoms with E-state index in [-0.39, 0.29) is 24.3 Å². The number of esters is 1. The minimum absolute atomic E-state index is 0.0283. The highest BCUT2D eigenvalue weighted by molar-refractivity contribution is 7.99. The molecule has 1 aromatic heterocycles. The lowest BCUT2D eigenvalue weighted by Gasteiger charge is -2.20. The number of ether oxygens (including phenoxy) is 1.